The van der Waals surface area contributed by atoms with Crippen LogP contribution in [0, 0.1) is 6.92 Å². The summed E-state index contributed by atoms with van der Waals surface area (Å²) in [5, 5.41) is 7.23. The molecule has 3 heterocycles. The predicted octanol–water partition coefficient (Wildman–Crippen LogP) is 6.87. The lowest BCUT2D eigenvalue weighted by molar-refractivity contribution is 0.102. The van der Waals surface area contributed by atoms with Crippen molar-refractivity contribution in [1.82, 2.24) is 15.0 Å². The van der Waals surface area contributed by atoms with Gasteiger partial charge in [0.1, 0.15) is 11.6 Å². The molecule has 8 heteroatoms. The minimum absolute atomic E-state index is 0.305. The number of nitrogens with one attached hydrogen (secondary N) is 2. The van der Waals surface area contributed by atoms with Gasteiger partial charge in [0.15, 0.2) is 5.67 Å². The van der Waals surface area contributed by atoms with E-state index in [4.69, 9.17) is 9.72 Å². The number of ether oxygens (including phenoxy) is 1. The maximum absolute atomic E-state index is 14.4. The fourth-order valence-electron chi connectivity index (χ4n) is 4.79. The van der Waals surface area contributed by atoms with Crippen molar-refractivity contribution in [2.75, 3.05) is 24.3 Å². The average Bonchev–Trinajstić information content (AvgIpc) is 3.76. The van der Waals surface area contributed by atoms with E-state index >= 15 is 0 Å². The fraction of sp³-hybridized carbons (Fsp3) is 0.212. The summed E-state index contributed by atoms with van der Waals surface area (Å²) in [6.45, 7) is 2.76. The second kappa shape index (κ2) is 11.0. The first-order chi connectivity index (χ1) is 19.9. The number of aryl methyl sites for hydroxylation is 1. The maximum atomic E-state index is 14.4. The van der Waals surface area contributed by atoms with Crippen LogP contribution in [0.2, 0.25) is 0 Å². The molecule has 0 radical (unpaired) electrons. The molecule has 0 bridgehead atoms. The number of pyridine rings is 3. The van der Waals surface area contributed by atoms with Crippen LogP contribution < -0.4 is 15.4 Å². The van der Waals surface area contributed by atoms with Crippen LogP contribution in [0.25, 0.3) is 22.0 Å². The highest BCUT2D eigenvalue weighted by molar-refractivity contribution is 6.04. The number of amides is 1. The van der Waals surface area contributed by atoms with E-state index in [-0.39, 0.29) is 5.91 Å². The van der Waals surface area contributed by atoms with Gasteiger partial charge in [0.25, 0.3) is 5.91 Å². The lowest BCUT2D eigenvalue weighted by atomic mass is 10.00. The van der Waals surface area contributed by atoms with Crippen molar-refractivity contribution in [3.63, 3.8) is 0 Å². The summed E-state index contributed by atoms with van der Waals surface area (Å²) < 4.78 is 19.7. The second-order valence-corrected chi connectivity index (χ2v) is 10.4. The van der Waals surface area contributed by atoms with E-state index in [2.05, 4.69) is 38.8 Å². The van der Waals surface area contributed by atoms with E-state index in [9.17, 15) is 9.18 Å². The van der Waals surface area contributed by atoms with E-state index in [0.717, 1.165) is 52.1 Å². The first-order valence-corrected chi connectivity index (χ1v) is 13.6. The van der Waals surface area contributed by atoms with Gasteiger partial charge in [-0.2, -0.15) is 0 Å². The van der Waals surface area contributed by atoms with E-state index in [1.54, 1.807) is 19.2 Å². The van der Waals surface area contributed by atoms with Crippen LogP contribution in [0.15, 0.2) is 85.3 Å². The fourth-order valence-corrected chi connectivity index (χ4v) is 4.79. The third-order valence-electron chi connectivity index (χ3n) is 7.42. The quantitative estimate of drug-likeness (QED) is 0.209. The number of nitrogens with zero attached hydrogens (tertiary/aromatic N) is 3. The van der Waals surface area contributed by atoms with Crippen LogP contribution in [0.3, 0.4) is 0 Å². The van der Waals surface area contributed by atoms with Gasteiger partial charge < -0.3 is 15.4 Å². The Kier molecular flexibility index (Phi) is 7.05. The molecule has 0 atom stereocenters. The number of fused-ring (bicyclic) bond motifs is 1. The van der Waals surface area contributed by atoms with Gasteiger partial charge >= 0.3 is 0 Å². The number of anilines is 2. The standard InChI is InChI=1S/C33H30FN5O2/c1-21-3-6-26(39-32(40)23-10-14-35-30(16-23)33(34)11-12-33)17-28(21)24-15-25-20-38-31(18-29(25)37-19-24)36-13-9-22-4-7-27(41-2)8-5-22/h3-8,10,14-20H,9,11-13H2,1-2H3,(H,36,38)(H,39,40). The number of carbonyl (C=O) groups excluding carboxylic acids is 1. The molecule has 1 aliphatic rings. The lowest BCUT2D eigenvalue weighted by Gasteiger charge is -2.12. The van der Waals surface area contributed by atoms with Crippen molar-refractivity contribution >= 4 is 28.3 Å². The summed E-state index contributed by atoms with van der Waals surface area (Å²) in [5.41, 5.74) is 4.94. The molecule has 2 N–H and O–H groups in total. The molecule has 0 aliphatic heterocycles. The maximum Gasteiger partial charge on any atom is 0.255 e. The monoisotopic (exact) mass is 547 g/mol. The lowest BCUT2D eigenvalue weighted by Crippen LogP contribution is -2.13. The van der Waals surface area contributed by atoms with Gasteiger partial charge in [-0.05, 0) is 85.3 Å². The van der Waals surface area contributed by atoms with E-state index in [1.807, 2.05) is 55.7 Å². The van der Waals surface area contributed by atoms with Gasteiger partial charge in [-0.3, -0.25) is 14.8 Å². The highest BCUT2D eigenvalue weighted by atomic mass is 19.1. The van der Waals surface area contributed by atoms with Crippen LogP contribution in [0.5, 0.6) is 5.75 Å². The molecule has 206 valence electrons. The van der Waals surface area contributed by atoms with Crippen molar-refractivity contribution in [2.45, 2.75) is 31.9 Å². The molecule has 1 fully saturated rings. The Labute approximate surface area is 237 Å². The van der Waals surface area contributed by atoms with Crippen LogP contribution in [0.1, 0.15) is 40.0 Å². The number of benzene rings is 2. The summed E-state index contributed by atoms with van der Waals surface area (Å²) in [6.07, 6.45) is 6.90. The third kappa shape index (κ3) is 5.87. The molecule has 6 rings (SSSR count). The summed E-state index contributed by atoms with van der Waals surface area (Å²) in [7, 11) is 1.66. The Hall–Kier alpha value is -4.85. The molecule has 1 saturated carbocycles. The van der Waals surface area contributed by atoms with E-state index in [1.165, 1.54) is 11.8 Å². The van der Waals surface area contributed by atoms with Gasteiger partial charge in [0.2, 0.25) is 0 Å². The molecule has 41 heavy (non-hydrogen) atoms. The number of rotatable bonds is 9. The normalized spacial score (nSPS) is 13.5. The first-order valence-electron chi connectivity index (χ1n) is 13.6. The van der Waals surface area contributed by atoms with Crippen molar-refractivity contribution in [3.8, 4) is 16.9 Å². The summed E-state index contributed by atoms with van der Waals surface area (Å²) in [4.78, 5) is 26.3. The van der Waals surface area contributed by atoms with Crippen LogP contribution in [-0.4, -0.2) is 34.5 Å². The van der Waals surface area contributed by atoms with Gasteiger partial charge in [-0.15, -0.1) is 0 Å². The van der Waals surface area contributed by atoms with Crippen LogP contribution >= 0.6 is 0 Å². The smallest absolute Gasteiger partial charge is 0.255 e. The number of hydrogen-bond acceptors (Lipinski definition) is 6. The topological polar surface area (TPSA) is 89.0 Å². The molecular weight excluding hydrogens is 517 g/mol. The number of alkyl halides is 1. The second-order valence-electron chi connectivity index (χ2n) is 10.4. The molecule has 1 amide bonds. The van der Waals surface area contributed by atoms with Crippen LogP contribution in [-0.2, 0) is 12.1 Å². The Morgan fingerprint density at radius 2 is 1.80 bits per heavy atom. The summed E-state index contributed by atoms with van der Waals surface area (Å²) >= 11 is 0. The van der Waals surface area contributed by atoms with Gasteiger partial charge in [0, 0.05) is 53.4 Å². The van der Waals surface area contributed by atoms with Crippen molar-refractivity contribution in [2.24, 2.45) is 0 Å². The number of hydrogen-bond donors (Lipinski definition) is 2. The molecule has 3 aromatic heterocycles. The zero-order valence-corrected chi connectivity index (χ0v) is 22.9. The molecule has 1 aliphatic carbocycles. The summed E-state index contributed by atoms with van der Waals surface area (Å²) in [6, 6.07) is 20.9. The predicted molar refractivity (Wildman–Crippen MR) is 159 cm³/mol. The van der Waals surface area contributed by atoms with Gasteiger partial charge in [0.05, 0.1) is 18.3 Å². The van der Waals surface area contributed by atoms with E-state index < -0.39 is 5.67 Å². The molecule has 5 aromatic rings. The number of methoxy groups -OCH3 is 1. The highest BCUT2D eigenvalue weighted by Crippen LogP contribution is 2.48. The molecule has 0 saturated heterocycles. The Bertz CT molecular complexity index is 1730. The molecule has 0 unspecified atom stereocenters. The number of aromatic nitrogens is 3. The Morgan fingerprint density at radius 3 is 2.59 bits per heavy atom. The van der Waals surface area contributed by atoms with Crippen molar-refractivity contribution in [3.05, 3.63) is 108 Å². The van der Waals surface area contributed by atoms with Crippen molar-refractivity contribution in [1.29, 1.82) is 0 Å². The Morgan fingerprint density at radius 1 is 0.976 bits per heavy atom. The van der Waals surface area contributed by atoms with Gasteiger partial charge in [-0.1, -0.05) is 18.2 Å². The zero-order valence-electron chi connectivity index (χ0n) is 22.9. The molecule has 0 spiro atoms. The van der Waals surface area contributed by atoms with Crippen molar-refractivity contribution < 1.29 is 13.9 Å². The minimum Gasteiger partial charge on any atom is -0.497 e. The van der Waals surface area contributed by atoms with Gasteiger partial charge in [-0.25, -0.2) is 9.37 Å². The first kappa shape index (κ1) is 26.4. The Balaban J connectivity index is 1.15. The largest absolute Gasteiger partial charge is 0.497 e. The molecule has 7 nitrogen and oxygen atoms in total. The SMILES string of the molecule is COc1ccc(CCNc2cc3ncc(-c4cc(NC(=O)c5ccnc(C6(F)CC6)c5)ccc4C)cc3cn2)cc1. The number of halogens is 1. The third-order valence-corrected chi connectivity index (χ3v) is 7.42. The molecular formula is C33H30FN5O2. The highest BCUT2D eigenvalue weighted by Gasteiger charge is 2.46. The molecule has 2 aromatic carbocycles. The van der Waals surface area contributed by atoms with E-state index in [0.29, 0.717) is 29.8 Å². The average molecular weight is 548 g/mol. The van der Waals surface area contributed by atoms with Crippen LogP contribution in [0.4, 0.5) is 15.9 Å². The minimum atomic E-state index is -1.39. The number of carbonyl (C=O) groups is 1. The summed E-state index contributed by atoms with van der Waals surface area (Å²) in [5.74, 6) is 1.31. The zero-order chi connectivity index (χ0) is 28.4.